The van der Waals surface area contributed by atoms with Crippen LogP contribution in [0.3, 0.4) is 0 Å². The van der Waals surface area contributed by atoms with Crippen LogP contribution in [0.5, 0.6) is 0 Å². The van der Waals surface area contributed by atoms with Crippen molar-refractivity contribution >= 4 is 11.8 Å². The van der Waals surface area contributed by atoms with E-state index < -0.39 is 6.09 Å². The Hall–Kier alpha value is -2.34. The average Bonchev–Trinajstić information content (AvgIpc) is 2.95. The second-order valence-electron chi connectivity index (χ2n) is 6.14. The molecule has 0 spiro atoms. The summed E-state index contributed by atoms with van der Waals surface area (Å²) >= 11 is 0. The van der Waals surface area contributed by atoms with Gasteiger partial charge in [-0.3, -0.25) is 10.00 Å². The van der Waals surface area contributed by atoms with Gasteiger partial charge in [-0.1, -0.05) is 12.1 Å². The molecule has 2 N–H and O–H groups in total. The fourth-order valence-electron chi connectivity index (χ4n) is 2.64. The first-order valence-electron chi connectivity index (χ1n) is 8.13. The molecule has 0 aliphatic carbocycles. The van der Waals surface area contributed by atoms with Crippen LogP contribution < -0.4 is 10.6 Å². The number of anilines is 1. The molecule has 1 aromatic carbocycles. The van der Waals surface area contributed by atoms with E-state index in [0.717, 1.165) is 12.1 Å². The van der Waals surface area contributed by atoms with Gasteiger partial charge in [0.2, 0.25) is 0 Å². The number of carbonyl (C=O) groups is 1. The largest absolute Gasteiger partial charge is 0.453 e. The fourth-order valence-corrected chi connectivity index (χ4v) is 2.64. The molecule has 6 nitrogen and oxygen atoms in total. The van der Waals surface area contributed by atoms with Crippen molar-refractivity contribution in [2.75, 3.05) is 12.4 Å². The molecular formula is C18H26N4O2. The molecule has 0 fully saturated rings. The highest BCUT2D eigenvalue weighted by Crippen LogP contribution is 2.20. The zero-order valence-corrected chi connectivity index (χ0v) is 15.0. The number of ether oxygens (including phenoxy) is 1. The standard InChI is InChI=1S/C18H26N4O2/c1-12(2)22-14(4)17(11-20-22)13(3)19-10-15-6-8-16(9-7-15)21-18(23)24-5/h6-9,11-13,19H,10H2,1-5H3,(H,21,23)/t13-/m0/s1. The molecule has 1 amide bonds. The van der Waals surface area contributed by atoms with Crippen LogP contribution in [0.4, 0.5) is 10.5 Å². The van der Waals surface area contributed by atoms with Gasteiger partial charge in [-0.25, -0.2) is 4.79 Å². The predicted molar refractivity (Wildman–Crippen MR) is 95.1 cm³/mol. The van der Waals surface area contributed by atoms with Crippen LogP contribution in [-0.4, -0.2) is 23.0 Å². The molecule has 1 atom stereocenters. The van der Waals surface area contributed by atoms with E-state index in [1.54, 1.807) is 0 Å². The summed E-state index contributed by atoms with van der Waals surface area (Å²) in [6.07, 6.45) is 1.48. The number of methoxy groups -OCH3 is 1. The van der Waals surface area contributed by atoms with E-state index in [2.05, 4.69) is 48.2 Å². The van der Waals surface area contributed by atoms with Gasteiger partial charge < -0.3 is 10.1 Å². The molecule has 2 rings (SSSR count). The monoisotopic (exact) mass is 330 g/mol. The zero-order chi connectivity index (χ0) is 17.7. The van der Waals surface area contributed by atoms with Gasteiger partial charge in [0, 0.05) is 35.6 Å². The van der Waals surface area contributed by atoms with Gasteiger partial charge in [0.05, 0.1) is 13.3 Å². The van der Waals surface area contributed by atoms with E-state index in [1.165, 1.54) is 18.4 Å². The number of benzene rings is 1. The summed E-state index contributed by atoms with van der Waals surface area (Å²) in [5, 5.41) is 10.6. The molecule has 24 heavy (non-hydrogen) atoms. The summed E-state index contributed by atoms with van der Waals surface area (Å²) < 4.78 is 6.61. The maximum Gasteiger partial charge on any atom is 0.411 e. The average molecular weight is 330 g/mol. The molecular weight excluding hydrogens is 304 g/mol. The second-order valence-corrected chi connectivity index (χ2v) is 6.14. The third kappa shape index (κ3) is 4.35. The Labute approximate surface area is 143 Å². The summed E-state index contributed by atoms with van der Waals surface area (Å²) in [6, 6.07) is 8.26. The molecule has 0 bridgehead atoms. The van der Waals surface area contributed by atoms with Gasteiger partial charge in [0.25, 0.3) is 0 Å². The van der Waals surface area contributed by atoms with E-state index in [-0.39, 0.29) is 6.04 Å². The van der Waals surface area contributed by atoms with Gasteiger partial charge in [-0.2, -0.15) is 5.10 Å². The maximum absolute atomic E-state index is 11.2. The van der Waals surface area contributed by atoms with Gasteiger partial charge in [-0.05, 0) is 45.4 Å². The zero-order valence-electron chi connectivity index (χ0n) is 15.0. The molecule has 0 radical (unpaired) electrons. The molecule has 0 saturated carbocycles. The van der Waals surface area contributed by atoms with E-state index in [1.807, 2.05) is 35.1 Å². The van der Waals surface area contributed by atoms with Crippen LogP contribution in [-0.2, 0) is 11.3 Å². The highest BCUT2D eigenvalue weighted by molar-refractivity contribution is 5.84. The van der Waals surface area contributed by atoms with Crippen molar-refractivity contribution < 1.29 is 9.53 Å². The highest BCUT2D eigenvalue weighted by Gasteiger charge is 2.14. The topological polar surface area (TPSA) is 68.2 Å². The fraction of sp³-hybridized carbons (Fsp3) is 0.444. The summed E-state index contributed by atoms with van der Waals surface area (Å²) in [6.45, 7) is 9.25. The Morgan fingerprint density at radius 1 is 1.25 bits per heavy atom. The summed E-state index contributed by atoms with van der Waals surface area (Å²) in [5.41, 5.74) is 4.27. The SMILES string of the molecule is COC(=O)Nc1ccc(CN[C@@H](C)c2cnn(C(C)C)c2C)cc1. The summed E-state index contributed by atoms with van der Waals surface area (Å²) in [5.74, 6) is 0. The van der Waals surface area contributed by atoms with Crippen molar-refractivity contribution in [2.24, 2.45) is 0 Å². The minimum Gasteiger partial charge on any atom is -0.453 e. The number of hydrogen-bond donors (Lipinski definition) is 2. The first-order chi connectivity index (χ1) is 11.4. The molecule has 2 aromatic rings. The minimum absolute atomic E-state index is 0.213. The maximum atomic E-state index is 11.2. The Balaban J connectivity index is 1.94. The lowest BCUT2D eigenvalue weighted by molar-refractivity contribution is 0.187. The summed E-state index contributed by atoms with van der Waals surface area (Å²) in [4.78, 5) is 11.2. The van der Waals surface area contributed by atoms with Gasteiger partial charge >= 0.3 is 6.09 Å². The predicted octanol–water partition coefficient (Wildman–Crippen LogP) is 3.80. The van der Waals surface area contributed by atoms with Crippen molar-refractivity contribution in [3.05, 3.63) is 47.3 Å². The van der Waals surface area contributed by atoms with E-state index >= 15 is 0 Å². The van der Waals surface area contributed by atoms with Crippen LogP contribution >= 0.6 is 0 Å². The lowest BCUT2D eigenvalue weighted by atomic mass is 10.1. The lowest BCUT2D eigenvalue weighted by Crippen LogP contribution is -2.19. The van der Waals surface area contributed by atoms with Crippen LogP contribution in [0.25, 0.3) is 0 Å². The van der Waals surface area contributed by atoms with Crippen LogP contribution in [0.2, 0.25) is 0 Å². The Kier molecular flexibility index (Phi) is 5.98. The summed E-state index contributed by atoms with van der Waals surface area (Å²) in [7, 11) is 1.35. The van der Waals surface area contributed by atoms with Gasteiger partial charge in [-0.15, -0.1) is 0 Å². The number of carbonyl (C=O) groups excluding carboxylic acids is 1. The van der Waals surface area contributed by atoms with Crippen molar-refractivity contribution in [3.8, 4) is 0 Å². The molecule has 1 heterocycles. The Morgan fingerprint density at radius 3 is 2.46 bits per heavy atom. The third-order valence-electron chi connectivity index (χ3n) is 4.04. The molecule has 0 unspecified atom stereocenters. The molecule has 130 valence electrons. The molecule has 0 aliphatic rings. The number of rotatable bonds is 6. The van der Waals surface area contributed by atoms with E-state index in [4.69, 9.17) is 0 Å². The van der Waals surface area contributed by atoms with E-state index in [0.29, 0.717) is 11.7 Å². The smallest absolute Gasteiger partial charge is 0.411 e. The minimum atomic E-state index is -0.466. The quantitative estimate of drug-likeness (QED) is 0.845. The lowest BCUT2D eigenvalue weighted by Gasteiger charge is -2.15. The van der Waals surface area contributed by atoms with Gasteiger partial charge in [0.15, 0.2) is 0 Å². The van der Waals surface area contributed by atoms with E-state index in [9.17, 15) is 4.79 Å². The number of nitrogens with one attached hydrogen (secondary N) is 2. The van der Waals surface area contributed by atoms with Crippen molar-refractivity contribution in [1.29, 1.82) is 0 Å². The molecule has 0 saturated heterocycles. The number of amides is 1. The molecule has 1 aromatic heterocycles. The Bertz CT molecular complexity index is 677. The molecule has 6 heteroatoms. The van der Waals surface area contributed by atoms with Crippen molar-refractivity contribution in [2.45, 2.75) is 46.3 Å². The van der Waals surface area contributed by atoms with Gasteiger partial charge in [0.1, 0.15) is 0 Å². The van der Waals surface area contributed by atoms with Crippen molar-refractivity contribution in [3.63, 3.8) is 0 Å². The number of hydrogen-bond acceptors (Lipinski definition) is 4. The number of aromatic nitrogens is 2. The van der Waals surface area contributed by atoms with Crippen LogP contribution in [0.1, 0.15) is 49.7 Å². The third-order valence-corrected chi connectivity index (χ3v) is 4.04. The number of nitrogens with zero attached hydrogens (tertiary/aromatic N) is 2. The first kappa shape index (κ1) is 18.0. The van der Waals surface area contributed by atoms with Crippen LogP contribution in [0, 0.1) is 6.92 Å². The van der Waals surface area contributed by atoms with Crippen LogP contribution in [0.15, 0.2) is 30.5 Å². The molecule has 0 aliphatic heterocycles. The highest BCUT2D eigenvalue weighted by atomic mass is 16.5. The normalized spacial score (nSPS) is 12.2. The first-order valence-corrected chi connectivity index (χ1v) is 8.13. The Morgan fingerprint density at radius 2 is 1.92 bits per heavy atom. The van der Waals surface area contributed by atoms with Crippen molar-refractivity contribution in [1.82, 2.24) is 15.1 Å². The second kappa shape index (κ2) is 7.97.